The van der Waals surface area contributed by atoms with Crippen molar-refractivity contribution in [2.24, 2.45) is 0 Å². The fraction of sp³-hybridized carbons (Fsp3) is 0.222. The molecule has 3 atom stereocenters. The first kappa shape index (κ1) is 52.3. The summed E-state index contributed by atoms with van der Waals surface area (Å²) in [6, 6.07) is 23.8. The Bertz CT molecular complexity index is 3710. The highest BCUT2D eigenvalue weighted by Crippen LogP contribution is 2.46. The van der Waals surface area contributed by atoms with Gasteiger partial charge in [0.2, 0.25) is 17.8 Å². The van der Waals surface area contributed by atoms with E-state index >= 15 is 0 Å². The second kappa shape index (κ2) is 20.7. The molecule has 0 saturated heterocycles. The molecule has 0 saturated carbocycles. The normalized spacial score (nSPS) is 16.0. The van der Waals surface area contributed by atoms with Gasteiger partial charge in [-0.1, -0.05) is 30.3 Å². The van der Waals surface area contributed by atoms with Crippen molar-refractivity contribution in [2.45, 2.75) is 73.2 Å². The number of pyridine rings is 2. The lowest BCUT2D eigenvalue weighted by molar-refractivity contribution is -0.138. The van der Waals surface area contributed by atoms with E-state index in [2.05, 4.69) is 39.3 Å². The molecule has 0 amide bonds. The summed E-state index contributed by atoms with van der Waals surface area (Å²) in [5.74, 6) is -0.562. The van der Waals surface area contributed by atoms with Gasteiger partial charge < -0.3 is 14.2 Å². The molecule has 2 aliphatic rings. The van der Waals surface area contributed by atoms with Crippen LogP contribution in [-0.2, 0) is 38.8 Å². The molecule has 0 fully saturated rings. The molecule has 4 aromatic heterocycles. The quantitative estimate of drug-likeness (QED) is 0.0977. The summed E-state index contributed by atoms with van der Waals surface area (Å²) in [5, 5.41) is 0. The van der Waals surface area contributed by atoms with Crippen LogP contribution in [0.3, 0.4) is 0 Å². The SMILES string of the molecule is Cc1ccc(-c2cc(C(F)(F)F)ccc2[C@H]2CCOc3cc(S(=O)(=O)Nc4ncc(CC(C)Oc5ccc(-c6cc(C(F)(F)F)ccc6[C@@H]6CCOc7cc(S(=O)(=O)Nc8ncccn8)ccc76)cn5)cn4)ccc32)cn1. The number of ether oxygens (including phenoxy) is 3. The van der Waals surface area contributed by atoms with Crippen LogP contribution < -0.4 is 23.7 Å². The number of nitrogens with zero attached hydrogens (tertiary/aromatic N) is 6. The molecule has 2 N–H and O–H groups in total. The van der Waals surface area contributed by atoms with Crippen LogP contribution in [-0.4, -0.2) is 66.1 Å². The van der Waals surface area contributed by atoms with Crippen LogP contribution in [0.15, 0.2) is 150 Å². The van der Waals surface area contributed by atoms with E-state index in [1.807, 2.05) is 0 Å². The molecule has 0 bridgehead atoms. The highest BCUT2D eigenvalue weighted by Gasteiger charge is 2.36. The van der Waals surface area contributed by atoms with E-state index in [9.17, 15) is 43.2 Å². The monoisotopic (exact) mass is 1090 g/mol. The maximum Gasteiger partial charge on any atom is 0.416 e. The van der Waals surface area contributed by atoms with E-state index in [0.29, 0.717) is 63.0 Å². The van der Waals surface area contributed by atoms with E-state index in [1.54, 1.807) is 44.2 Å². The first-order chi connectivity index (χ1) is 36.7. The summed E-state index contributed by atoms with van der Waals surface area (Å²) in [4.78, 5) is 24.7. The summed E-state index contributed by atoms with van der Waals surface area (Å²) in [6.45, 7) is 3.86. The number of benzene rings is 4. The number of alkyl halides is 6. The fourth-order valence-electron chi connectivity index (χ4n) is 9.33. The van der Waals surface area contributed by atoms with Gasteiger partial charge in [0, 0.05) is 102 Å². The molecule has 77 heavy (non-hydrogen) atoms. The van der Waals surface area contributed by atoms with E-state index in [-0.39, 0.29) is 64.3 Å². The summed E-state index contributed by atoms with van der Waals surface area (Å²) in [7, 11) is -8.38. The zero-order valence-electron chi connectivity index (χ0n) is 40.7. The van der Waals surface area contributed by atoms with Crippen molar-refractivity contribution in [3.63, 3.8) is 0 Å². The lowest BCUT2D eigenvalue weighted by Gasteiger charge is -2.29. The molecule has 23 heteroatoms. The minimum absolute atomic E-state index is 0.120. The van der Waals surface area contributed by atoms with Gasteiger partial charge in [0.25, 0.3) is 20.0 Å². The Morgan fingerprint density at radius 3 is 1.53 bits per heavy atom. The number of aryl methyl sites for hydroxylation is 1. The minimum atomic E-state index is -4.66. The van der Waals surface area contributed by atoms with E-state index in [4.69, 9.17) is 14.2 Å². The fourth-order valence-corrected chi connectivity index (χ4v) is 11.3. The molecular weight excluding hydrogens is 1050 g/mol. The Balaban J connectivity index is 0.808. The van der Waals surface area contributed by atoms with Gasteiger partial charge in [-0.25, -0.2) is 51.2 Å². The third-order valence-electron chi connectivity index (χ3n) is 13.0. The molecule has 15 nitrogen and oxygen atoms in total. The molecule has 10 rings (SSSR count). The lowest BCUT2D eigenvalue weighted by atomic mass is 9.82. The summed E-state index contributed by atoms with van der Waals surface area (Å²) < 4.78 is 160. The second-order valence-electron chi connectivity index (χ2n) is 18.3. The average molecular weight is 1100 g/mol. The molecule has 0 radical (unpaired) electrons. The molecule has 396 valence electrons. The number of rotatable bonds is 14. The van der Waals surface area contributed by atoms with Crippen LogP contribution in [0.4, 0.5) is 38.2 Å². The number of halogens is 6. The number of hydrogen-bond donors (Lipinski definition) is 2. The van der Waals surface area contributed by atoms with Gasteiger partial charge in [0.05, 0.1) is 34.1 Å². The molecule has 2 aliphatic heterocycles. The van der Waals surface area contributed by atoms with Gasteiger partial charge in [-0.2, -0.15) is 26.3 Å². The van der Waals surface area contributed by atoms with Crippen LogP contribution in [0.25, 0.3) is 22.3 Å². The summed E-state index contributed by atoms with van der Waals surface area (Å²) in [5.41, 5.74) is 3.41. The third-order valence-corrected chi connectivity index (χ3v) is 15.7. The summed E-state index contributed by atoms with van der Waals surface area (Å²) >= 11 is 0. The smallest absolute Gasteiger partial charge is 0.416 e. The number of fused-ring (bicyclic) bond motifs is 2. The predicted molar refractivity (Wildman–Crippen MR) is 270 cm³/mol. The first-order valence-electron chi connectivity index (χ1n) is 23.8. The van der Waals surface area contributed by atoms with E-state index in [0.717, 1.165) is 24.3 Å². The molecule has 0 spiro atoms. The minimum Gasteiger partial charge on any atom is -0.493 e. The summed E-state index contributed by atoms with van der Waals surface area (Å²) in [6.07, 6.45) is -0.154. The number of anilines is 2. The maximum absolute atomic E-state index is 14.2. The second-order valence-corrected chi connectivity index (χ2v) is 21.6. The predicted octanol–water partition coefficient (Wildman–Crippen LogP) is 11.2. The molecule has 8 aromatic rings. The van der Waals surface area contributed by atoms with Crippen molar-refractivity contribution in [2.75, 3.05) is 22.7 Å². The van der Waals surface area contributed by atoms with Gasteiger partial charge in [-0.15, -0.1) is 0 Å². The van der Waals surface area contributed by atoms with Crippen molar-refractivity contribution in [3.05, 3.63) is 185 Å². The van der Waals surface area contributed by atoms with Crippen LogP contribution >= 0.6 is 0 Å². The van der Waals surface area contributed by atoms with E-state index < -0.39 is 61.5 Å². The Morgan fingerprint density at radius 2 is 1.06 bits per heavy atom. The Kier molecular flexibility index (Phi) is 14.1. The Morgan fingerprint density at radius 1 is 0.584 bits per heavy atom. The zero-order chi connectivity index (χ0) is 54.3. The molecule has 0 aliphatic carbocycles. The van der Waals surface area contributed by atoms with Gasteiger partial charge in [0.15, 0.2) is 0 Å². The zero-order valence-corrected chi connectivity index (χ0v) is 42.3. The highest BCUT2D eigenvalue weighted by molar-refractivity contribution is 7.93. The molecule has 6 heterocycles. The maximum atomic E-state index is 14.2. The van der Waals surface area contributed by atoms with Gasteiger partial charge in [-0.05, 0) is 109 Å². The largest absolute Gasteiger partial charge is 0.493 e. The van der Waals surface area contributed by atoms with Gasteiger partial charge in [-0.3, -0.25) is 4.98 Å². The standard InChI is InChI=1S/C54H44F6N8O7S2/c1-31-4-5-34(29-63-31)46-23-36(53(55,56)57)7-11-40(46)42-16-20-74-49-26-39(10-14-44(42)49)77(71,72)68-52-65-27-33(28-66-52)22-32(2)75-50-15-6-35(30-64-50)47-24-37(54(58,59)60)8-12-41(47)43-17-21-73-48-25-38(9-13-45(43)48)76(69,70)67-51-61-18-3-19-62-51/h3-15,18-19,23-30,32,42-43H,16-17,20-22H2,1-2H3,(H,61,62,67)(H,65,66,68)/t32?,42-,43+/m1/s1. The Hall–Kier alpha value is -8.18. The molecule has 4 aromatic carbocycles. The van der Waals surface area contributed by atoms with Crippen LogP contribution in [0, 0.1) is 6.92 Å². The first-order valence-corrected chi connectivity index (χ1v) is 26.8. The van der Waals surface area contributed by atoms with Crippen LogP contribution in [0.2, 0.25) is 0 Å². The molecular formula is C54H44F6N8O7S2. The third kappa shape index (κ3) is 11.5. The molecule has 1 unspecified atom stereocenters. The van der Waals surface area contributed by atoms with Gasteiger partial charge >= 0.3 is 12.4 Å². The van der Waals surface area contributed by atoms with Crippen LogP contribution in [0.1, 0.15) is 76.2 Å². The van der Waals surface area contributed by atoms with Crippen molar-refractivity contribution in [3.8, 4) is 39.6 Å². The number of sulfonamides is 2. The topological polar surface area (TPSA) is 197 Å². The van der Waals surface area contributed by atoms with Crippen molar-refractivity contribution in [1.82, 2.24) is 29.9 Å². The van der Waals surface area contributed by atoms with Crippen LogP contribution in [0.5, 0.6) is 17.4 Å². The number of aromatic nitrogens is 6. The number of nitrogens with one attached hydrogen (secondary N) is 2. The van der Waals surface area contributed by atoms with Gasteiger partial charge in [0.1, 0.15) is 17.6 Å². The lowest BCUT2D eigenvalue weighted by Crippen LogP contribution is -2.19. The Labute approximate surface area is 437 Å². The average Bonchev–Trinajstić information content (AvgIpc) is 3.43. The van der Waals surface area contributed by atoms with Crippen molar-refractivity contribution < 1.29 is 57.4 Å². The van der Waals surface area contributed by atoms with Crippen molar-refractivity contribution >= 4 is 31.9 Å². The van der Waals surface area contributed by atoms with E-state index in [1.165, 1.54) is 85.7 Å². The highest BCUT2D eigenvalue weighted by atomic mass is 32.2. The number of hydrogen-bond acceptors (Lipinski definition) is 13. The van der Waals surface area contributed by atoms with Crippen molar-refractivity contribution in [1.29, 1.82) is 0 Å².